The van der Waals surface area contributed by atoms with Crippen molar-refractivity contribution in [2.24, 2.45) is 0 Å². The number of amides is 1. The number of anilines is 1. The first kappa shape index (κ1) is 18.5. The SMILES string of the molecule is CC[C@@H](Oc1cccc(C)c1C)C(=O)Nc1ccccc1C(=O)OC. The van der Waals surface area contributed by atoms with Crippen molar-refractivity contribution in [3.05, 3.63) is 59.2 Å². The summed E-state index contributed by atoms with van der Waals surface area (Å²) in [6.07, 6.45) is -0.161. The number of ether oxygens (including phenoxy) is 2. The summed E-state index contributed by atoms with van der Waals surface area (Å²) in [7, 11) is 1.30. The van der Waals surface area contributed by atoms with Gasteiger partial charge in [0, 0.05) is 0 Å². The van der Waals surface area contributed by atoms with Crippen LogP contribution in [-0.2, 0) is 9.53 Å². The summed E-state index contributed by atoms with van der Waals surface area (Å²) in [5.41, 5.74) is 2.81. The molecular formula is C20H23NO4. The van der Waals surface area contributed by atoms with Crippen LogP contribution < -0.4 is 10.1 Å². The van der Waals surface area contributed by atoms with Crippen LogP contribution in [0.5, 0.6) is 5.75 Å². The summed E-state index contributed by atoms with van der Waals surface area (Å²) in [6.45, 7) is 5.83. The van der Waals surface area contributed by atoms with Gasteiger partial charge >= 0.3 is 5.97 Å². The molecule has 1 N–H and O–H groups in total. The van der Waals surface area contributed by atoms with E-state index in [0.29, 0.717) is 23.4 Å². The number of hydrogen-bond donors (Lipinski definition) is 1. The number of carbonyl (C=O) groups is 2. The lowest BCUT2D eigenvalue weighted by Crippen LogP contribution is -2.33. The number of methoxy groups -OCH3 is 1. The van der Waals surface area contributed by atoms with Crippen molar-refractivity contribution >= 4 is 17.6 Å². The highest BCUT2D eigenvalue weighted by atomic mass is 16.5. The van der Waals surface area contributed by atoms with Gasteiger partial charge in [0.2, 0.25) is 0 Å². The maximum absolute atomic E-state index is 12.6. The normalized spacial score (nSPS) is 11.5. The molecule has 0 saturated carbocycles. The van der Waals surface area contributed by atoms with E-state index in [9.17, 15) is 9.59 Å². The molecule has 0 aliphatic rings. The second-order valence-electron chi connectivity index (χ2n) is 5.74. The summed E-state index contributed by atoms with van der Waals surface area (Å²) < 4.78 is 10.7. The minimum absolute atomic E-state index is 0.305. The Kier molecular flexibility index (Phi) is 6.17. The maximum Gasteiger partial charge on any atom is 0.339 e. The van der Waals surface area contributed by atoms with Crippen LogP contribution >= 0.6 is 0 Å². The number of hydrogen-bond acceptors (Lipinski definition) is 4. The van der Waals surface area contributed by atoms with E-state index in [0.717, 1.165) is 11.1 Å². The van der Waals surface area contributed by atoms with Gasteiger partial charge in [-0.2, -0.15) is 0 Å². The summed E-state index contributed by atoms with van der Waals surface area (Å²) in [4.78, 5) is 24.4. The van der Waals surface area contributed by atoms with E-state index in [1.165, 1.54) is 7.11 Å². The van der Waals surface area contributed by atoms with Gasteiger partial charge < -0.3 is 14.8 Å². The molecular weight excluding hydrogens is 318 g/mol. The molecule has 2 aromatic rings. The number of aryl methyl sites for hydroxylation is 1. The Morgan fingerprint density at radius 3 is 2.48 bits per heavy atom. The molecule has 0 unspecified atom stereocenters. The molecule has 25 heavy (non-hydrogen) atoms. The van der Waals surface area contributed by atoms with Crippen molar-refractivity contribution in [3.8, 4) is 5.75 Å². The molecule has 1 amide bonds. The highest BCUT2D eigenvalue weighted by Crippen LogP contribution is 2.23. The monoisotopic (exact) mass is 341 g/mol. The van der Waals surface area contributed by atoms with Crippen molar-refractivity contribution in [2.75, 3.05) is 12.4 Å². The smallest absolute Gasteiger partial charge is 0.339 e. The topological polar surface area (TPSA) is 64.6 Å². The van der Waals surface area contributed by atoms with Gasteiger partial charge in [-0.05, 0) is 49.6 Å². The third-order valence-electron chi connectivity index (χ3n) is 4.08. The summed E-state index contributed by atoms with van der Waals surface area (Å²) in [5, 5.41) is 2.77. The van der Waals surface area contributed by atoms with E-state index in [1.807, 2.05) is 39.0 Å². The number of benzene rings is 2. The molecule has 2 aromatic carbocycles. The fourth-order valence-corrected chi connectivity index (χ4v) is 2.42. The van der Waals surface area contributed by atoms with E-state index in [2.05, 4.69) is 5.32 Å². The van der Waals surface area contributed by atoms with Crippen LogP contribution in [0.2, 0.25) is 0 Å². The molecule has 0 heterocycles. The number of esters is 1. The molecule has 0 fully saturated rings. The largest absolute Gasteiger partial charge is 0.480 e. The van der Waals surface area contributed by atoms with Gasteiger partial charge in [-0.1, -0.05) is 31.2 Å². The van der Waals surface area contributed by atoms with Crippen molar-refractivity contribution in [3.63, 3.8) is 0 Å². The van der Waals surface area contributed by atoms with Gasteiger partial charge in [0.05, 0.1) is 18.4 Å². The molecule has 0 radical (unpaired) electrons. The molecule has 1 atom stereocenters. The molecule has 0 aliphatic heterocycles. The van der Waals surface area contributed by atoms with E-state index in [4.69, 9.17) is 9.47 Å². The zero-order chi connectivity index (χ0) is 18.4. The number of carbonyl (C=O) groups excluding carboxylic acids is 2. The van der Waals surface area contributed by atoms with Gasteiger partial charge in [0.25, 0.3) is 5.91 Å². The van der Waals surface area contributed by atoms with E-state index < -0.39 is 12.1 Å². The predicted molar refractivity (Wildman–Crippen MR) is 97.0 cm³/mol. The molecule has 132 valence electrons. The zero-order valence-electron chi connectivity index (χ0n) is 15.0. The maximum atomic E-state index is 12.6. The Hall–Kier alpha value is -2.82. The van der Waals surface area contributed by atoms with Crippen LogP contribution in [0.3, 0.4) is 0 Å². The molecule has 0 aliphatic carbocycles. The minimum atomic E-state index is -0.661. The Bertz CT molecular complexity index is 770. The van der Waals surface area contributed by atoms with Crippen molar-refractivity contribution in [1.29, 1.82) is 0 Å². The average Bonchev–Trinajstić information content (AvgIpc) is 2.62. The second kappa shape index (κ2) is 8.33. The van der Waals surface area contributed by atoms with Gasteiger partial charge in [0.15, 0.2) is 6.10 Å². The van der Waals surface area contributed by atoms with Crippen LogP contribution in [0.4, 0.5) is 5.69 Å². The number of nitrogens with one attached hydrogen (secondary N) is 1. The minimum Gasteiger partial charge on any atom is -0.480 e. The van der Waals surface area contributed by atoms with Crippen LogP contribution in [0, 0.1) is 13.8 Å². The summed E-state index contributed by atoms with van der Waals surface area (Å²) in [6, 6.07) is 12.5. The Labute approximate surface area is 148 Å². The first-order chi connectivity index (χ1) is 12.0. The van der Waals surface area contributed by atoms with E-state index in [1.54, 1.807) is 24.3 Å². The third kappa shape index (κ3) is 4.38. The lowest BCUT2D eigenvalue weighted by Gasteiger charge is -2.20. The first-order valence-electron chi connectivity index (χ1n) is 8.19. The predicted octanol–water partition coefficient (Wildman–Crippen LogP) is 3.89. The number of para-hydroxylation sites is 1. The van der Waals surface area contributed by atoms with Crippen LogP contribution in [0.15, 0.2) is 42.5 Å². The lowest BCUT2D eigenvalue weighted by molar-refractivity contribution is -0.122. The Morgan fingerprint density at radius 1 is 1.08 bits per heavy atom. The van der Waals surface area contributed by atoms with Crippen LogP contribution in [0.25, 0.3) is 0 Å². The van der Waals surface area contributed by atoms with E-state index >= 15 is 0 Å². The molecule has 0 bridgehead atoms. The molecule has 0 spiro atoms. The fourth-order valence-electron chi connectivity index (χ4n) is 2.42. The van der Waals surface area contributed by atoms with Crippen LogP contribution in [0.1, 0.15) is 34.8 Å². The Balaban J connectivity index is 2.18. The molecule has 0 saturated heterocycles. The highest BCUT2D eigenvalue weighted by molar-refractivity contribution is 6.02. The Morgan fingerprint density at radius 2 is 1.80 bits per heavy atom. The molecule has 2 rings (SSSR count). The quantitative estimate of drug-likeness (QED) is 0.810. The second-order valence-corrected chi connectivity index (χ2v) is 5.74. The zero-order valence-corrected chi connectivity index (χ0v) is 15.0. The average molecular weight is 341 g/mol. The third-order valence-corrected chi connectivity index (χ3v) is 4.08. The molecule has 5 heteroatoms. The highest BCUT2D eigenvalue weighted by Gasteiger charge is 2.21. The standard InChI is InChI=1S/C20H23NO4/c1-5-17(25-18-12-8-9-13(2)14(18)3)19(22)21-16-11-7-6-10-15(16)20(23)24-4/h6-12,17H,5H2,1-4H3,(H,21,22)/t17-/m1/s1. The first-order valence-corrected chi connectivity index (χ1v) is 8.19. The fraction of sp³-hybridized carbons (Fsp3) is 0.300. The van der Waals surface area contributed by atoms with Gasteiger partial charge in [-0.25, -0.2) is 4.79 Å². The van der Waals surface area contributed by atoms with Gasteiger partial charge in [-0.15, -0.1) is 0 Å². The lowest BCUT2D eigenvalue weighted by atomic mass is 10.1. The van der Waals surface area contributed by atoms with Gasteiger partial charge in [-0.3, -0.25) is 4.79 Å². The van der Waals surface area contributed by atoms with Crippen molar-refractivity contribution in [2.45, 2.75) is 33.3 Å². The summed E-state index contributed by atoms with van der Waals surface area (Å²) >= 11 is 0. The van der Waals surface area contributed by atoms with E-state index in [-0.39, 0.29) is 5.91 Å². The molecule has 5 nitrogen and oxygen atoms in total. The van der Waals surface area contributed by atoms with Gasteiger partial charge in [0.1, 0.15) is 5.75 Å². The number of rotatable bonds is 6. The summed E-state index contributed by atoms with van der Waals surface area (Å²) in [5.74, 6) is -0.123. The van der Waals surface area contributed by atoms with Crippen molar-refractivity contribution < 1.29 is 19.1 Å². The van der Waals surface area contributed by atoms with Crippen molar-refractivity contribution in [1.82, 2.24) is 0 Å². The van der Waals surface area contributed by atoms with Crippen LogP contribution in [-0.4, -0.2) is 25.1 Å². The molecule has 0 aromatic heterocycles.